The molecule has 0 aliphatic rings. The number of hydrogen-bond acceptors (Lipinski definition) is 3. The van der Waals surface area contributed by atoms with Gasteiger partial charge in [-0.05, 0) is 43.2 Å². The summed E-state index contributed by atoms with van der Waals surface area (Å²) in [5.41, 5.74) is 2.04. The summed E-state index contributed by atoms with van der Waals surface area (Å²) in [7, 11) is 0. The number of anilines is 1. The Balaban J connectivity index is 1.96. The zero-order chi connectivity index (χ0) is 19.1. The number of hydrogen-bond donors (Lipinski definition) is 1. The first-order chi connectivity index (χ1) is 12.4. The molecule has 136 valence electrons. The van der Waals surface area contributed by atoms with Crippen LogP contribution in [-0.2, 0) is 16.0 Å². The first-order valence-electron chi connectivity index (χ1n) is 8.27. The fourth-order valence-electron chi connectivity index (χ4n) is 2.52. The van der Waals surface area contributed by atoms with E-state index in [0.29, 0.717) is 29.2 Å². The maximum Gasteiger partial charge on any atom is 0.240 e. The molecule has 0 spiro atoms. The van der Waals surface area contributed by atoms with Crippen LogP contribution in [0.3, 0.4) is 0 Å². The number of Topliss-reactive ketones (excluding diaryl/α,β-unsaturated/α-hetero) is 1. The van der Waals surface area contributed by atoms with Gasteiger partial charge in [-0.25, -0.2) is 0 Å². The summed E-state index contributed by atoms with van der Waals surface area (Å²) in [5.74, 6) is -0.632. The van der Waals surface area contributed by atoms with Crippen molar-refractivity contribution in [2.24, 2.45) is 0 Å². The van der Waals surface area contributed by atoms with Crippen molar-refractivity contribution in [1.82, 2.24) is 5.32 Å². The standard InChI is InChI=1S/C20H21ClN2O3/c1-14(24)17-6-4-8-19(12-17)23(15(2)25)13-20(26)22-10-9-16-5-3-7-18(21)11-16/h3-8,11-12H,9-10,13H2,1-2H3,(H,22,26). The van der Waals surface area contributed by atoms with Crippen LogP contribution in [0.1, 0.15) is 29.8 Å². The molecule has 0 aromatic heterocycles. The SMILES string of the molecule is CC(=O)c1cccc(N(CC(=O)NCCc2cccc(Cl)c2)C(C)=O)c1. The van der Waals surface area contributed by atoms with E-state index >= 15 is 0 Å². The van der Waals surface area contributed by atoms with E-state index in [9.17, 15) is 14.4 Å². The number of rotatable bonds is 7. The van der Waals surface area contributed by atoms with Crippen LogP contribution in [0.15, 0.2) is 48.5 Å². The van der Waals surface area contributed by atoms with E-state index in [1.54, 1.807) is 30.3 Å². The molecule has 0 atom stereocenters. The number of halogens is 1. The quantitative estimate of drug-likeness (QED) is 0.758. The predicted octanol–water partition coefficient (Wildman–Crippen LogP) is 3.25. The monoisotopic (exact) mass is 372 g/mol. The number of nitrogens with zero attached hydrogens (tertiary/aromatic N) is 1. The molecular weight excluding hydrogens is 352 g/mol. The summed E-state index contributed by atoms with van der Waals surface area (Å²) < 4.78 is 0. The van der Waals surface area contributed by atoms with E-state index in [1.165, 1.54) is 18.7 Å². The third-order valence-corrected chi connectivity index (χ3v) is 4.11. The van der Waals surface area contributed by atoms with Gasteiger partial charge in [-0.2, -0.15) is 0 Å². The summed E-state index contributed by atoms with van der Waals surface area (Å²) in [5, 5.41) is 3.45. The molecule has 2 rings (SSSR count). The smallest absolute Gasteiger partial charge is 0.240 e. The average Bonchev–Trinajstić information content (AvgIpc) is 2.59. The molecule has 2 aromatic carbocycles. The Morgan fingerprint density at radius 3 is 2.42 bits per heavy atom. The molecule has 0 aliphatic heterocycles. The largest absolute Gasteiger partial charge is 0.354 e. The fourth-order valence-corrected chi connectivity index (χ4v) is 2.73. The number of carbonyl (C=O) groups excluding carboxylic acids is 3. The molecule has 2 amide bonds. The molecule has 0 bridgehead atoms. The second-order valence-corrected chi connectivity index (χ2v) is 6.38. The van der Waals surface area contributed by atoms with Crippen LogP contribution in [0.25, 0.3) is 0 Å². The van der Waals surface area contributed by atoms with Crippen molar-refractivity contribution in [3.8, 4) is 0 Å². The first-order valence-corrected chi connectivity index (χ1v) is 8.65. The Morgan fingerprint density at radius 1 is 1.04 bits per heavy atom. The van der Waals surface area contributed by atoms with Crippen molar-refractivity contribution in [2.75, 3.05) is 18.0 Å². The van der Waals surface area contributed by atoms with E-state index < -0.39 is 0 Å². The molecule has 0 heterocycles. The molecule has 0 unspecified atom stereocenters. The van der Waals surface area contributed by atoms with Crippen molar-refractivity contribution >= 4 is 34.9 Å². The zero-order valence-electron chi connectivity index (χ0n) is 14.8. The van der Waals surface area contributed by atoms with Crippen molar-refractivity contribution in [1.29, 1.82) is 0 Å². The summed E-state index contributed by atoms with van der Waals surface area (Å²) in [6.45, 7) is 3.18. The molecule has 0 saturated carbocycles. The van der Waals surface area contributed by atoms with Gasteiger partial charge in [0.2, 0.25) is 11.8 Å². The van der Waals surface area contributed by atoms with E-state index in [2.05, 4.69) is 5.32 Å². The molecule has 2 aromatic rings. The fraction of sp³-hybridized carbons (Fsp3) is 0.250. The summed E-state index contributed by atoms with van der Waals surface area (Å²) in [6.07, 6.45) is 0.645. The highest BCUT2D eigenvalue weighted by atomic mass is 35.5. The van der Waals surface area contributed by atoms with Crippen molar-refractivity contribution in [2.45, 2.75) is 20.3 Å². The van der Waals surface area contributed by atoms with Gasteiger partial charge in [0.05, 0.1) is 0 Å². The van der Waals surface area contributed by atoms with Crippen LogP contribution in [0.5, 0.6) is 0 Å². The molecule has 26 heavy (non-hydrogen) atoms. The Morgan fingerprint density at radius 2 is 1.77 bits per heavy atom. The maximum absolute atomic E-state index is 12.2. The summed E-state index contributed by atoms with van der Waals surface area (Å²) >= 11 is 5.94. The minimum Gasteiger partial charge on any atom is -0.354 e. The Bertz CT molecular complexity index is 820. The van der Waals surface area contributed by atoms with E-state index in [0.717, 1.165) is 5.56 Å². The highest BCUT2D eigenvalue weighted by Crippen LogP contribution is 2.17. The van der Waals surface area contributed by atoms with Gasteiger partial charge < -0.3 is 10.2 Å². The normalized spacial score (nSPS) is 10.3. The number of benzene rings is 2. The molecule has 0 fully saturated rings. The molecule has 5 nitrogen and oxygen atoms in total. The van der Waals surface area contributed by atoms with Crippen molar-refractivity contribution in [3.63, 3.8) is 0 Å². The van der Waals surface area contributed by atoms with E-state index in [4.69, 9.17) is 11.6 Å². The van der Waals surface area contributed by atoms with Crippen LogP contribution < -0.4 is 10.2 Å². The van der Waals surface area contributed by atoms with Gasteiger partial charge >= 0.3 is 0 Å². The molecule has 6 heteroatoms. The summed E-state index contributed by atoms with van der Waals surface area (Å²) in [4.78, 5) is 37.0. The van der Waals surface area contributed by atoms with Crippen LogP contribution in [-0.4, -0.2) is 30.7 Å². The van der Waals surface area contributed by atoms with Gasteiger partial charge in [0.1, 0.15) is 6.54 Å². The van der Waals surface area contributed by atoms with Gasteiger partial charge in [-0.15, -0.1) is 0 Å². The topological polar surface area (TPSA) is 66.5 Å². The van der Waals surface area contributed by atoms with Crippen molar-refractivity contribution < 1.29 is 14.4 Å². The minimum absolute atomic E-state index is 0.0960. The van der Waals surface area contributed by atoms with Gasteiger partial charge in [0, 0.05) is 29.7 Å². The van der Waals surface area contributed by atoms with Gasteiger partial charge in [-0.3, -0.25) is 14.4 Å². The Labute approximate surface area is 158 Å². The molecular formula is C20H21ClN2O3. The third-order valence-electron chi connectivity index (χ3n) is 3.87. The molecule has 0 radical (unpaired) electrons. The van der Waals surface area contributed by atoms with Crippen LogP contribution in [0, 0.1) is 0 Å². The lowest BCUT2D eigenvalue weighted by Gasteiger charge is -2.21. The number of carbonyl (C=O) groups is 3. The van der Waals surface area contributed by atoms with Gasteiger partial charge in [-0.1, -0.05) is 35.9 Å². The molecule has 0 aliphatic carbocycles. The van der Waals surface area contributed by atoms with Crippen LogP contribution in [0.2, 0.25) is 5.02 Å². The van der Waals surface area contributed by atoms with Gasteiger partial charge in [0.15, 0.2) is 5.78 Å². The highest BCUT2D eigenvalue weighted by Gasteiger charge is 2.16. The van der Waals surface area contributed by atoms with Crippen LogP contribution in [0.4, 0.5) is 5.69 Å². The van der Waals surface area contributed by atoms with E-state index in [-0.39, 0.29) is 24.1 Å². The Kier molecular flexibility index (Phi) is 6.92. The number of nitrogens with one attached hydrogen (secondary N) is 1. The number of amides is 2. The van der Waals surface area contributed by atoms with Crippen molar-refractivity contribution in [3.05, 3.63) is 64.7 Å². The highest BCUT2D eigenvalue weighted by molar-refractivity contribution is 6.30. The number of ketones is 1. The summed E-state index contributed by atoms with van der Waals surface area (Å²) in [6, 6.07) is 14.1. The second kappa shape index (κ2) is 9.15. The van der Waals surface area contributed by atoms with E-state index in [1.807, 2.05) is 18.2 Å². The lowest BCUT2D eigenvalue weighted by molar-refractivity contribution is -0.123. The van der Waals surface area contributed by atoms with Gasteiger partial charge in [0.25, 0.3) is 0 Å². The molecule has 0 saturated heterocycles. The maximum atomic E-state index is 12.2. The lowest BCUT2D eigenvalue weighted by Crippen LogP contribution is -2.40. The average molecular weight is 373 g/mol. The third kappa shape index (κ3) is 5.70. The molecule has 1 N–H and O–H groups in total. The second-order valence-electron chi connectivity index (χ2n) is 5.94. The lowest BCUT2D eigenvalue weighted by atomic mass is 10.1. The Hall–Kier alpha value is -2.66. The first kappa shape index (κ1) is 19.7. The van der Waals surface area contributed by atoms with Crippen LogP contribution >= 0.6 is 11.6 Å². The minimum atomic E-state index is -0.268. The predicted molar refractivity (Wildman–Crippen MR) is 103 cm³/mol. The zero-order valence-corrected chi connectivity index (χ0v) is 15.5.